The highest BCUT2D eigenvalue weighted by Crippen LogP contribution is 2.17. The number of nitrogens with zero attached hydrogens (tertiary/aromatic N) is 2. The van der Waals surface area contributed by atoms with Crippen LogP contribution in [-0.4, -0.2) is 36.0 Å². The van der Waals surface area contributed by atoms with Crippen molar-refractivity contribution >= 4 is 27.0 Å². The van der Waals surface area contributed by atoms with Gasteiger partial charge in [-0.2, -0.15) is 4.72 Å². The van der Waals surface area contributed by atoms with Crippen molar-refractivity contribution in [2.45, 2.75) is 24.8 Å². The van der Waals surface area contributed by atoms with Crippen LogP contribution < -0.4 is 15.7 Å². The molecule has 0 fully saturated rings. The molecule has 0 saturated heterocycles. The van der Waals surface area contributed by atoms with Gasteiger partial charge >= 0.3 is 5.69 Å². The number of imidazole rings is 1. The number of likely N-dealkylation sites (N-methyl/N-ethyl adjacent to an activating group) is 1. The van der Waals surface area contributed by atoms with E-state index in [9.17, 15) is 18.0 Å². The normalized spacial score (nSPS) is 13.2. The Kier molecular flexibility index (Phi) is 4.62. The first-order valence-electron chi connectivity index (χ1n) is 7.14. The van der Waals surface area contributed by atoms with Crippen molar-refractivity contribution < 1.29 is 13.2 Å². The highest BCUT2D eigenvalue weighted by atomic mass is 32.2. The number of rotatable bonds is 5. The molecule has 2 aromatic rings. The average molecular weight is 340 g/mol. The van der Waals surface area contributed by atoms with Crippen LogP contribution in [0.4, 0.5) is 0 Å². The number of fused-ring (bicyclic) bond motifs is 1. The number of aryl methyl sites for hydroxylation is 2. The van der Waals surface area contributed by atoms with Crippen molar-refractivity contribution in [3.05, 3.63) is 28.7 Å². The molecular weight excluding hydrogens is 320 g/mol. The van der Waals surface area contributed by atoms with Gasteiger partial charge in [0.1, 0.15) is 0 Å². The van der Waals surface area contributed by atoms with Crippen LogP contribution in [0.1, 0.15) is 13.8 Å². The van der Waals surface area contributed by atoms with Crippen LogP contribution in [0, 0.1) is 0 Å². The number of nitrogens with one attached hydrogen (secondary N) is 2. The Morgan fingerprint density at radius 3 is 2.43 bits per heavy atom. The second-order valence-corrected chi connectivity index (χ2v) is 7.00. The Morgan fingerprint density at radius 1 is 1.22 bits per heavy atom. The zero-order chi connectivity index (χ0) is 17.4. The van der Waals surface area contributed by atoms with Crippen molar-refractivity contribution in [2.75, 3.05) is 6.54 Å². The van der Waals surface area contributed by atoms with Crippen LogP contribution in [0.3, 0.4) is 0 Å². The average Bonchev–Trinajstić information content (AvgIpc) is 2.71. The number of amides is 1. The van der Waals surface area contributed by atoms with Gasteiger partial charge in [0.2, 0.25) is 15.9 Å². The molecule has 0 radical (unpaired) electrons. The van der Waals surface area contributed by atoms with Gasteiger partial charge in [-0.3, -0.25) is 13.9 Å². The molecule has 1 atom stereocenters. The number of benzene rings is 1. The van der Waals surface area contributed by atoms with Crippen molar-refractivity contribution in [3.63, 3.8) is 0 Å². The zero-order valence-corrected chi connectivity index (χ0v) is 14.3. The topological polar surface area (TPSA) is 102 Å². The molecule has 126 valence electrons. The van der Waals surface area contributed by atoms with Crippen LogP contribution in [0.5, 0.6) is 0 Å². The Morgan fingerprint density at radius 2 is 1.83 bits per heavy atom. The summed E-state index contributed by atoms with van der Waals surface area (Å²) < 4.78 is 30.0. The molecular formula is C14H20N4O4S. The minimum absolute atomic E-state index is 0.00217. The molecule has 1 aromatic carbocycles. The monoisotopic (exact) mass is 340 g/mol. The fraction of sp³-hybridized carbons (Fsp3) is 0.429. The van der Waals surface area contributed by atoms with Gasteiger partial charge in [0, 0.05) is 20.6 Å². The second-order valence-electron chi connectivity index (χ2n) is 5.29. The van der Waals surface area contributed by atoms with E-state index in [1.807, 2.05) is 0 Å². The minimum Gasteiger partial charge on any atom is -0.355 e. The molecule has 1 heterocycles. The fourth-order valence-corrected chi connectivity index (χ4v) is 3.56. The fourth-order valence-electron chi connectivity index (χ4n) is 2.34. The molecule has 0 bridgehead atoms. The van der Waals surface area contributed by atoms with Gasteiger partial charge in [-0.1, -0.05) is 0 Å². The molecule has 0 saturated carbocycles. The molecule has 8 nitrogen and oxygen atoms in total. The summed E-state index contributed by atoms with van der Waals surface area (Å²) in [5.74, 6) is -0.399. The van der Waals surface area contributed by atoms with Gasteiger partial charge in [-0.25, -0.2) is 13.2 Å². The van der Waals surface area contributed by atoms with Crippen molar-refractivity contribution in [3.8, 4) is 0 Å². The summed E-state index contributed by atoms with van der Waals surface area (Å²) in [6, 6.07) is 3.51. The third-order valence-corrected chi connectivity index (χ3v) is 5.17. The summed E-state index contributed by atoms with van der Waals surface area (Å²) >= 11 is 0. The molecule has 1 aromatic heterocycles. The van der Waals surface area contributed by atoms with E-state index in [4.69, 9.17) is 0 Å². The maximum atomic E-state index is 12.4. The Labute approximate surface area is 134 Å². The van der Waals surface area contributed by atoms with Gasteiger partial charge in [0.05, 0.1) is 22.0 Å². The molecule has 0 spiro atoms. The highest BCUT2D eigenvalue weighted by molar-refractivity contribution is 7.89. The van der Waals surface area contributed by atoms with E-state index in [1.165, 1.54) is 28.2 Å². The van der Waals surface area contributed by atoms with Crippen LogP contribution >= 0.6 is 0 Å². The van der Waals surface area contributed by atoms with Gasteiger partial charge < -0.3 is 5.32 Å². The second kappa shape index (κ2) is 6.17. The maximum Gasteiger partial charge on any atom is 0.328 e. The highest BCUT2D eigenvalue weighted by Gasteiger charge is 2.22. The third kappa shape index (κ3) is 3.15. The molecule has 23 heavy (non-hydrogen) atoms. The number of aromatic nitrogens is 2. The predicted molar refractivity (Wildman–Crippen MR) is 86.6 cm³/mol. The van der Waals surface area contributed by atoms with Gasteiger partial charge in [-0.15, -0.1) is 0 Å². The van der Waals surface area contributed by atoms with Gasteiger partial charge in [-0.05, 0) is 32.0 Å². The molecule has 1 amide bonds. The van der Waals surface area contributed by atoms with Crippen molar-refractivity contribution in [1.82, 2.24) is 19.2 Å². The molecule has 0 aliphatic heterocycles. The number of carbonyl (C=O) groups excluding carboxylic acids is 1. The Hall–Kier alpha value is -2.13. The molecule has 0 aliphatic rings. The smallest absolute Gasteiger partial charge is 0.328 e. The first-order chi connectivity index (χ1) is 10.7. The summed E-state index contributed by atoms with van der Waals surface area (Å²) in [6.45, 7) is 3.64. The lowest BCUT2D eigenvalue weighted by molar-refractivity contribution is -0.122. The summed E-state index contributed by atoms with van der Waals surface area (Å²) in [5, 5.41) is 2.55. The Bertz CT molecular complexity index is 911. The predicted octanol–water partition coefficient (Wildman–Crippen LogP) is -0.320. The summed E-state index contributed by atoms with van der Waals surface area (Å²) in [5.41, 5.74) is 0.900. The first kappa shape index (κ1) is 17.2. The van der Waals surface area contributed by atoms with E-state index in [0.29, 0.717) is 17.6 Å². The number of sulfonamides is 1. The van der Waals surface area contributed by atoms with Crippen molar-refractivity contribution in [1.29, 1.82) is 0 Å². The molecule has 9 heteroatoms. The van der Waals surface area contributed by atoms with E-state index in [2.05, 4.69) is 10.0 Å². The Balaban J connectivity index is 2.41. The first-order valence-corrected chi connectivity index (χ1v) is 8.63. The lowest BCUT2D eigenvalue weighted by Crippen LogP contribution is -2.44. The summed E-state index contributed by atoms with van der Waals surface area (Å²) in [6.07, 6.45) is 0. The minimum atomic E-state index is -3.87. The third-order valence-electron chi connectivity index (χ3n) is 3.63. The molecule has 2 rings (SSSR count). The largest absolute Gasteiger partial charge is 0.355 e. The van der Waals surface area contributed by atoms with E-state index >= 15 is 0 Å². The van der Waals surface area contributed by atoms with Crippen LogP contribution in [-0.2, 0) is 28.9 Å². The SMILES string of the molecule is CCNC(=O)[C@@H](C)NS(=O)(=O)c1ccc2c(c1)n(C)c(=O)n2C. The number of hydrogen-bond acceptors (Lipinski definition) is 4. The quantitative estimate of drug-likeness (QED) is 0.779. The van der Waals surface area contributed by atoms with E-state index in [0.717, 1.165) is 0 Å². The zero-order valence-electron chi connectivity index (χ0n) is 13.5. The maximum absolute atomic E-state index is 12.4. The van der Waals surface area contributed by atoms with Gasteiger partial charge in [0.25, 0.3) is 0 Å². The van der Waals surface area contributed by atoms with E-state index in [-0.39, 0.29) is 10.6 Å². The summed E-state index contributed by atoms with van der Waals surface area (Å²) in [4.78, 5) is 23.6. The summed E-state index contributed by atoms with van der Waals surface area (Å²) in [7, 11) is -0.676. The molecule has 2 N–H and O–H groups in total. The van der Waals surface area contributed by atoms with E-state index < -0.39 is 22.0 Å². The standard InChI is InChI=1S/C14H20N4O4S/c1-5-15-13(19)9(2)16-23(21,22)10-6-7-11-12(8-10)18(4)14(20)17(11)3/h6-9,16H,5H2,1-4H3,(H,15,19)/t9-/m1/s1. The van der Waals surface area contributed by atoms with Crippen LogP contribution in [0.25, 0.3) is 11.0 Å². The lowest BCUT2D eigenvalue weighted by atomic mass is 10.3. The van der Waals surface area contributed by atoms with Crippen molar-refractivity contribution in [2.24, 2.45) is 14.1 Å². The number of hydrogen-bond donors (Lipinski definition) is 2. The lowest BCUT2D eigenvalue weighted by Gasteiger charge is -2.14. The van der Waals surface area contributed by atoms with Crippen LogP contribution in [0.15, 0.2) is 27.9 Å². The van der Waals surface area contributed by atoms with Gasteiger partial charge in [0.15, 0.2) is 0 Å². The van der Waals surface area contributed by atoms with E-state index in [1.54, 1.807) is 27.1 Å². The molecule has 0 unspecified atom stereocenters. The van der Waals surface area contributed by atoms with Crippen LogP contribution in [0.2, 0.25) is 0 Å². The molecule has 0 aliphatic carbocycles. The number of carbonyl (C=O) groups is 1.